The van der Waals surface area contributed by atoms with E-state index in [4.69, 9.17) is 9.47 Å². The highest BCUT2D eigenvalue weighted by molar-refractivity contribution is 5.99. The molecule has 0 radical (unpaired) electrons. The fourth-order valence-electron chi connectivity index (χ4n) is 4.69. The number of nitrogens with one attached hydrogen (secondary N) is 2. The van der Waals surface area contributed by atoms with Crippen molar-refractivity contribution < 1.29 is 23.9 Å². The van der Waals surface area contributed by atoms with Crippen LogP contribution in [-0.2, 0) is 21.4 Å². The van der Waals surface area contributed by atoms with Gasteiger partial charge in [-0.3, -0.25) is 19.1 Å². The van der Waals surface area contributed by atoms with Crippen LogP contribution in [0.5, 0.6) is 5.75 Å². The van der Waals surface area contributed by atoms with E-state index in [1.165, 1.54) is 0 Å². The Labute approximate surface area is 204 Å². The van der Waals surface area contributed by atoms with Crippen LogP contribution in [0.4, 0.5) is 11.4 Å². The number of carbonyl (C=O) groups is 3. The van der Waals surface area contributed by atoms with Crippen molar-refractivity contribution in [1.29, 1.82) is 0 Å². The molecule has 10 heteroatoms. The van der Waals surface area contributed by atoms with Crippen molar-refractivity contribution in [2.75, 3.05) is 24.3 Å². The van der Waals surface area contributed by atoms with Crippen LogP contribution >= 0.6 is 0 Å². The summed E-state index contributed by atoms with van der Waals surface area (Å²) in [4.78, 5) is 39.6. The van der Waals surface area contributed by atoms with Gasteiger partial charge in [-0.1, -0.05) is 6.92 Å². The number of rotatable bonds is 6. The summed E-state index contributed by atoms with van der Waals surface area (Å²) >= 11 is 0. The van der Waals surface area contributed by atoms with Crippen LogP contribution in [0.2, 0.25) is 0 Å². The first-order valence-electron chi connectivity index (χ1n) is 12.0. The number of benzene rings is 1. The van der Waals surface area contributed by atoms with Crippen molar-refractivity contribution in [3.63, 3.8) is 0 Å². The van der Waals surface area contributed by atoms with E-state index in [2.05, 4.69) is 15.7 Å². The number of carbonyl (C=O) groups excluding carboxylic acids is 3. The van der Waals surface area contributed by atoms with Crippen molar-refractivity contribution in [2.45, 2.75) is 64.2 Å². The van der Waals surface area contributed by atoms with Crippen molar-refractivity contribution in [1.82, 2.24) is 14.7 Å². The first-order chi connectivity index (χ1) is 16.7. The number of hydrogen-bond donors (Lipinski definition) is 2. The van der Waals surface area contributed by atoms with Crippen LogP contribution in [0.3, 0.4) is 0 Å². The van der Waals surface area contributed by atoms with Gasteiger partial charge < -0.3 is 25.0 Å². The lowest BCUT2D eigenvalue weighted by atomic mass is 9.94. The predicted octanol–water partition coefficient (Wildman–Crippen LogP) is 2.88. The number of hydrogen-bond acceptors (Lipinski definition) is 6. The second-order valence-electron chi connectivity index (χ2n) is 9.23. The minimum atomic E-state index is -0.354. The molecular weight excluding hydrogens is 450 g/mol. The summed E-state index contributed by atoms with van der Waals surface area (Å²) in [6.45, 7) is 4.04. The Kier molecular flexibility index (Phi) is 7.39. The third kappa shape index (κ3) is 5.64. The fourth-order valence-corrected chi connectivity index (χ4v) is 4.69. The third-order valence-electron chi connectivity index (χ3n) is 6.47. The van der Waals surface area contributed by atoms with Crippen molar-refractivity contribution in [3.05, 3.63) is 35.7 Å². The minimum Gasteiger partial charge on any atom is -0.490 e. The Morgan fingerprint density at radius 3 is 2.69 bits per heavy atom. The first-order valence-corrected chi connectivity index (χ1v) is 12.0. The maximum atomic E-state index is 13.3. The summed E-state index contributed by atoms with van der Waals surface area (Å²) in [6, 6.07) is 4.93. The number of likely N-dealkylation sites (N-methyl/N-ethyl adjacent to an activating group) is 1. The molecule has 0 spiro atoms. The van der Waals surface area contributed by atoms with E-state index in [0.29, 0.717) is 42.0 Å². The second-order valence-corrected chi connectivity index (χ2v) is 9.23. The highest BCUT2D eigenvalue weighted by Gasteiger charge is 2.39. The topological polar surface area (TPSA) is 115 Å². The molecule has 1 saturated heterocycles. The van der Waals surface area contributed by atoms with Gasteiger partial charge in [-0.15, -0.1) is 0 Å². The molecule has 0 aliphatic carbocycles. The van der Waals surface area contributed by atoms with E-state index >= 15 is 0 Å². The molecule has 2 N–H and O–H groups in total. The van der Waals surface area contributed by atoms with Gasteiger partial charge >= 0.3 is 0 Å². The monoisotopic (exact) mass is 483 g/mol. The second kappa shape index (κ2) is 10.5. The van der Waals surface area contributed by atoms with Gasteiger partial charge in [0.1, 0.15) is 18.5 Å². The van der Waals surface area contributed by atoms with Crippen LogP contribution in [0, 0.1) is 6.92 Å². The molecule has 3 atom stereocenters. The summed E-state index contributed by atoms with van der Waals surface area (Å²) in [7, 11) is 3.57. The zero-order chi connectivity index (χ0) is 25.1. The van der Waals surface area contributed by atoms with E-state index in [9.17, 15) is 14.4 Å². The zero-order valence-corrected chi connectivity index (χ0v) is 20.7. The zero-order valence-electron chi connectivity index (χ0n) is 20.7. The average molecular weight is 484 g/mol. The molecule has 1 fully saturated rings. The summed E-state index contributed by atoms with van der Waals surface area (Å²) in [6.07, 6.45) is 3.88. The summed E-state index contributed by atoms with van der Waals surface area (Å²) in [5.41, 5.74) is 2.42. The quantitative estimate of drug-likeness (QED) is 0.653. The lowest BCUT2D eigenvalue weighted by Gasteiger charge is -2.42. The third-order valence-corrected chi connectivity index (χ3v) is 6.47. The van der Waals surface area contributed by atoms with Crippen LogP contribution in [-0.4, -0.2) is 64.3 Å². The molecule has 2 aromatic rings. The summed E-state index contributed by atoms with van der Waals surface area (Å²) in [5, 5.41) is 9.98. The van der Waals surface area contributed by atoms with E-state index in [1.54, 1.807) is 48.1 Å². The Morgan fingerprint density at radius 1 is 1.17 bits per heavy atom. The van der Waals surface area contributed by atoms with Gasteiger partial charge in [0.2, 0.25) is 11.8 Å². The molecular formula is C25H33N5O5. The number of fused-ring (bicyclic) bond motifs is 2. The molecule has 35 heavy (non-hydrogen) atoms. The van der Waals surface area contributed by atoms with Crippen LogP contribution in [0.25, 0.3) is 0 Å². The molecule has 3 heterocycles. The predicted molar refractivity (Wildman–Crippen MR) is 130 cm³/mol. The highest BCUT2D eigenvalue weighted by Crippen LogP contribution is 2.32. The maximum absolute atomic E-state index is 13.3. The SMILES string of the molecule is CCCC(=O)Nc1ccc2c(c1)C(=O)N(C)[C@@H]1CC[C@@H](CC(=O)Nc3cn(C)nc3C)O[C@H]1CO2. The van der Waals surface area contributed by atoms with Crippen LogP contribution in [0.15, 0.2) is 24.4 Å². The van der Waals surface area contributed by atoms with E-state index in [1.807, 2.05) is 13.8 Å². The van der Waals surface area contributed by atoms with Gasteiger partial charge in [-0.25, -0.2) is 0 Å². The standard InChI is InChI=1S/C25H33N5O5/c1-5-6-23(31)26-16-7-10-21-18(11-16)25(33)30(4)20-9-8-17(35-22(20)14-34-21)12-24(32)27-19-13-29(3)28-15(19)2/h7,10-11,13,17,20,22H,5-6,8-9,12,14H2,1-4H3,(H,26,31)(H,27,32)/t17-,20+,22-/m0/s1. The van der Waals surface area contributed by atoms with Crippen LogP contribution in [0.1, 0.15) is 55.1 Å². The van der Waals surface area contributed by atoms with Crippen molar-refractivity contribution >= 4 is 29.1 Å². The number of nitrogens with zero attached hydrogens (tertiary/aromatic N) is 3. The van der Waals surface area contributed by atoms with Gasteiger partial charge in [-0.2, -0.15) is 5.10 Å². The van der Waals surface area contributed by atoms with Crippen LogP contribution < -0.4 is 15.4 Å². The molecule has 4 rings (SSSR count). The van der Waals surface area contributed by atoms with Crippen molar-refractivity contribution in [3.8, 4) is 5.75 Å². The molecule has 0 saturated carbocycles. The van der Waals surface area contributed by atoms with Gasteiger partial charge in [0.15, 0.2) is 0 Å². The van der Waals surface area contributed by atoms with Crippen molar-refractivity contribution in [2.24, 2.45) is 7.05 Å². The summed E-state index contributed by atoms with van der Waals surface area (Å²) < 4.78 is 13.9. The Balaban J connectivity index is 1.42. The number of aromatic nitrogens is 2. The molecule has 10 nitrogen and oxygen atoms in total. The molecule has 0 bridgehead atoms. The summed E-state index contributed by atoms with van der Waals surface area (Å²) in [5.74, 6) is 0.0377. The Morgan fingerprint density at radius 2 is 1.97 bits per heavy atom. The largest absolute Gasteiger partial charge is 0.490 e. The number of anilines is 2. The molecule has 188 valence electrons. The van der Waals surface area contributed by atoms with E-state index in [-0.39, 0.29) is 49.0 Å². The van der Waals surface area contributed by atoms with Gasteiger partial charge in [0, 0.05) is 32.4 Å². The molecule has 2 aliphatic rings. The van der Waals surface area contributed by atoms with E-state index in [0.717, 1.165) is 12.1 Å². The number of amides is 3. The van der Waals surface area contributed by atoms with Gasteiger partial charge in [0.25, 0.3) is 5.91 Å². The smallest absolute Gasteiger partial charge is 0.257 e. The lowest BCUT2D eigenvalue weighted by molar-refractivity contribution is -0.130. The lowest BCUT2D eigenvalue weighted by Crippen LogP contribution is -2.53. The Hall–Kier alpha value is -3.40. The van der Waals surface area contributed by atoms with E-state index < -0.39 is 0 Å². The maximum Gasteiger partial charge on any atom is 0.257 e. The van der Waals surface area contributed by atoms with Gasteiger partial charge in [-0.05, 0) is 44.4 Å². The molecule has 2 aliphatic heterocycles. The molecule has 1 aromatic carbocycles. The Bertz CT molecular complexity index is 1110. The molecule has 3 amide bonds. The first kappa shape index (κ1) is 24.7. The average Bonchev–Trinajstić information content (AvgIpc) is 3.12. The highest BCUT2D eigenvalue weighted by atomic mass is 16.5. The molecule has 1 aromatic heterocycles. The number of aryl methyl sites for hydroxylation is 2. The van der Waals surface area contributed by atoms with Gasteiger partial charge in [0.05, 0.1) is 35.5 Å². The molecule has 0 unspecified atom stereocenters. The minimum absolute atomic E-state index is 0.0884. The fraction of sp³-hybridized carbons (Fsp3) is 0.520. The normalized spacial score (nSPS) is 21.8. The number of ether oxygens (including phenoxy) is 2.